The molecule has 0 spiro atoms. The lowest BCUT2D eigenvalue weighted by Crippen LogP contribution is -2.41. The van der Waals surface area contributed by atoms with Gasteiger partial charge < -0.3 is 13.8 Å². The molecule has 0 aliphatic carbocycles. The Bertz CT molecular complexity index is 575. The highest BCUT2D eigenvalue weighted by Gasteiger charge is 2.53. The van der Waals surface area contributed by atoms with E-state index >= 15 is 0 Å². The highest BCUT2D eigenvalue weighted by molar-refractivity contribution is 6.64. The van der Waals surface area contributed by atoms with Crippen molar-refractivity contribution < 1.29 is 13.8 Å². The topological polar surface area (TPSA) is 44.5 Å². The van der Waals surface area contributed by atoms with Crippen LogP contribution in [0.2, 0.25) is 0 Å². The second-order valence-corrected chi connectivity index (χ2v) is 5.65. The van der Waals surface area contributed by atoms with Gasteiger partial charge in [-0.2, -0.15) is 0 Å². The monoisotopic (exact) mass is 245 g/mol. The van der Waals surface area contributed by atoms with Gasteiger partial charge in [0.25, 0.3) is 0 Å². The summed E-state index contributed by atoms with van der Waals surface area (Å²) in [5, 5.41) is 5.02. The van der Waals surface area contributed by atoms with Crippen molar-refractivity contribution in [3.05, 3.63) is 24.3 Å². The van der Waals surface area contributed by atoms with Crippen LogP contribution in [-0.2, 0) is 9.31 Å². The molecule has 18 heavy (non-hydrogen) atoms. The van der Waals surface area contributed by atoms with Gasteiger partial charge in [-0.3, -0.25) is 0 Å². The van der Waals surface area contributed by atoms with E-state index in [0.29, 0.717) is 5.59 Å². The normalized spacial score (nSPS) is 21.7. The van der Waals surface area contributed by atoms with Gasteiger partial charge >= 0.3 is 7.12 Å². The third-order valence-electron chi connectivity index (χ3n) is 3.88. The van der Waals surface area contributed by atoms with Gasteiger partial charge in [0.2, 0.25) is 0 Å². The average molecular weight is 245 g/mol. The van der Waals surface area contributed by atoms with Crippen LogP contribution in [-0.4, -0.2) is 23.5 Å². The lowest BCUT2D eigenvalue weighted by molar-refractivity contribution is 0.00578. The molecule has 0 N–H and O–H groups in total. The van der Waals surface area contributed by atoms with E-state index in [2.05, 4.69) is 5.16 Å². The van der Waals surface area contributed by atoms with Gasteiger partial charge in [-0.05, 0) is 39.8 Å². The number of benzene rings is 1. The predicted molar refractivity (Wildman–Crippen MR) is 69.7 cm³/mol. The van der Waals surface area contributed by atoms with Gasteiger partial charge in [-0.25, -0.2) is 0 Å². The van der Waals surface area contributed by atoms with Crippen molar-refractivity contribution in [2.24, 2.45) is 0 Å². The summed E-state index contributed by atoms with van der Waals surface area (Å²) in [6, 6.07) is 7.72. The van der Waals surface area contributed by atoms with Crippen LogP contribution in [0.3, 0.4) is 0 Å². The lowest BCUT2D eigenvalue weighted by atomic mass is 9.82. The number of nitrogens with zero attached hydrogens (tertiary/aromatic N) is 1. The van der Waals surface area contributed by atoms with E-state index in [0.717, 1.165) is 11.0 Å². The van der Waals surface area contributed by atoms with Crippen LogP contribution in [0.4, 0.5) is 0 Å². The Morgan fingerprint density at radius 1 is 1.00 bits per heavy atom. The van der Waals surface area contributed by atoms with E-state index < -0.39 is 7.12 Å². The quantitative estimate of drug-likeness (QED) is 0.722. The summed E-state index contributed by atoms with van der Waals surface area (Å²) in [6.07, 6.45) is 0. The Kier molecular flexibility index (Phi) is 2.34. The fourth-order valence-electron chi connectivity index (χ4n) is 2.03. The van der Waals surface area contributed by atoms with E-state index in [1.165, 1.54) is 0 Å². The Morgan fingerprint density at radius 2 is 1.61 bits per heavy atom. The van der Waals surface area contributed by atoms with E-state index in [-0.39, 0.29) is 11.2 Å². The van der Waals surface area contributed by atoms with E-state index in [9.17, 15) is 0 Å². The molecule has 4 nitrogen and oxygen atoms in total. The smallest absolute Gasteiger partial charge is 0.398 e. The molecule has 0 radical (unpaired) electrons. The largest absolute Gasteiger partial charge is 0.518 e. The zero-order valence-corrected chi connectivity index (χ0v) is 11.1. The van der Waals surface area contributed by atoms with Gasteiger partial charge in [0.15, 0.2) is 5.58 Å². The summed E-state index contributed by atoms with van der Waals surface area (Å²) in [4.78, 5) is 0. The van der Waals surface area contributed by atoms with Crippen LogP contribution in [0.5, 0.6) is 0 Å². The molecule has 0 amide bonds. The van der Waals surface area contributed by atoms with Crippen LogP contribution < -0.4 is 5.59 Å². The first-order chi connectivity index (χ1) is 8.41. The molecule has 2 aromatic rings. The maximum absolute atomic E-state index is 5.97. The Labute approximate surface area is 106 Å². The Balaban J connectivity index is 2.03. The fraction of sp³-hybridized carbons (Fsp3) is 0.462. The average Bonchev–Trinajstić information content (AvgIpc) is 2.78. The van der Waals surface area contributed by atoms with Crippen molar-refractivity contribution in [1.82, 2.24) is 5.16 Å². The van der Waals surface area contributed by atoms with Gasteiger partial charge in [0.05, 0.1) is 11.2 Å². The Morgan fingerprint density at radius 3 is 2.28 bits per heavy atom. The zero-order valence-electron chi connectivity index (χ0n) is 11.1. The third kappa shape index (κ3) is 1.58. The molecule has 2 heterocycles. The Hall–Kier alpha value is -1.33. The minimum atomic E-state index is -0.473. The first-order valence-corrected chi connectivity index (χ1v) is 6.11. The number of rotatable bonds is 1. The summed E-state index contributed by atoms with van der Waals surface area (Å²) >= 11 is 0. The maximum Gasteiger partial charge on any atom is 0.518 e. The number of aromatic nitrogens is 1. The standard InChI is InChI=1S/C13H16BNO3/c1-12(2)13(3,4)18-14(17-12)11-9-7-5-6-8-10(9)16-15-11/h5-8H,1-4H3. The SMILES string of the molecule is CC1(C)OB(c2noc3ccccc23)OC1(C)C. The van der Waals surface area contributed by atoms with Gasteiger partial charge in [-0.1, -0.05) is 17.3 Å². The molecule has 1 aliphatic heterocycles. The molecule has 0 unspecified atom stereocenters. The third-order valence-corrected chi connectivity index (χ3v) is 3.88. The molecule has 0 saturated carbocycles. The first kappa shape index (κ1) is 11.7. The number of para-hydroxylation sites is 1. The molecule has 1 aromatic heterocycles. The highest BCUT2D eigenvalue weighted by atomic mass is 16.7. The molecule has 0 atom stereocenters. The van der Waals surface area contributed by atoms with Crippen LogP contribution in [0.1, 0.15) is 27.7 Å². The fourth-order valence-corrected chi connectivity index (χ4v) is 2.03. The molecule has 0 bridgehead atoms. The summed E-state index contributed by atoms with van der Waals surface area (Å²) in [7, 11) is -0.473. The number of fused-ring (bicyclic) bond motifs is 1. The van der Waals surface area contributed by atoms with Gasteiger partial charge in [0.1, 0.15) is 5.59 Å². The van der Waals surface area contributed by atoms with Crippen molar-refractivity contribution >= 4 is 23.7 Å². The number of hydrogen-bond donors (Lipinski definition) is 0. The predicted octanol–water partition coefficient (Wildman–Crippen LogP) is 2.13. The van der Waals surface area contributed by atoms with Crippen molar-refractivity contribution in [3.8, 4) is 0 Å². The van der Waals surface area contributed by atoms with Gasteiger partial charge in [0, 0.05) is 5.39 Å². The van der Waals surface area contributed by atoms with Crippen molar-refractivity contribution in [1.29, 1.82) is 0 Å². The molecule has 1 saturated heterocycles. The maximum atomic E-state index is 5.97. The minimum Gasteiger partial charge on any atom is -0.398 e. The molecule has 1 aromatic carbocycles. The molecule has 3 rings (SSSR count). The zero-order chi connectivity index (χ0) is 13.0. The molecule has 1 fully saturated rings. The van der Waals surface area contributed by atoms with Crippen LogP contribution in [0.25, 0.3) is 11.0 Å². The summed E-state index contributed by atoms with van der Waals surface area (Å²) in [5.41, 5.74) is 0.738. The second-order valence-electron chi connectivity index (χ2n) is 5.65. The van der Waals surface area contributed by atoms with Crippen molar-refractivity contribution in [2.45, 2.75) is 38.9 Å². The van der Waals surface area contributed by atoms with E-state index in [4.69, 9.17) is 13.8 Å². The first-order valence-electron chi connectivity index (χ1n) is 6.11. The van der Waals surface area contributed by atoms with Crippen LogP contribution in [0.15, 0.2) is 28.8 Å². The number of hydrogen-bond acceptors (Lipinski definition) is 4. The highest BCUT2D eigenvalue weighted by Crippen LogP contribution is 2.36. The molecular weight excluding hydrogens is 229 g/mol. The minimum absolute atomic E-state index is 0.363. The van der Waals surface area contributed by atoms with Gasteiger partial charge in [-0.15, -0.1) is 0 Å². The van der Waals surface area contributed by atoms with Crippen LogP contribution in [0, 0.1) is 0 Å². The molecule has 1 aliphatic rings. The molecular formula is C13H16BNO3. The van der Waals surface area contributed by atoms with E-state index in [1.807, 2.05) is 52.0 Å². The summed E-state index contributed by atoms with van der Waals surface area (Å²) < 4.78 is 17.2. The molecule has 5 heteroatoms. The van der Waals surface area contributed by atoms with E-state index in [1.54, 1.807) is 0 Å². The molecule has 94 valence electrons. The summed E-state index contributed by atoms with van der Waals surface area (Å²) in [5.74, 6) is 0. The van der Waals surface area contributed by atoms with Crippen LogP contribution >= 0.6 is 0 Å². The lowest BCUT2D eigenvalue weighted by Gasteiger charge is -2.32. The van der Waals surface area contributed by atoms with Crippen molar-refractivity contribution in [3.63, 3.8) is 0 Å². The van der Waals surface area contributed by atoms with Crippen molar-refractivity contribution in [2.75, 3.05) is 0 Å². The second kappa shape index (κ2) is 3.59. The summed E-state index contributed by atoms with van der Waals surface area (Å²) in [6.45, 7) is 8.09.